The Morgan fingerprint density at radius 2 is 1.85 bits per heavy atom. The average Bonchev–Trinajstić information content (AvgIpc) is 3.58. The summed E-state index contributed by atoms with van der Waals surface area (Å²) in [4.78, 5) is 4.01. The highest BCUT2D eigenvalue weighted by Crippen LogP contribution is 2.38. The van der Waals surface area contributed by atoms with Gasteiger partial charge in [0.2, 0.25) is 21.8 Å². The number of sulfonamides is 1. The van der Waals surface area contributed by atoms with Crippen LogP contribution >= 0.6 is 11.3 Å². The van der Waals surface area contributed by atoms with E-state index >= 15 is 0 Å². The standard InChI is InChI=1S/C21H23N5O6S2/c1-12-8-9-17(32-12)20-23-24-21(26(20)18-15(30-3)6-5-7-16(18)31-4)25-34(28,29)13(2)19(27)14-10-33-11-22-14/h5-11,13,19,27H,1-4H3,(H,24,25)/t13-,19-/m1/s1. The van der Waals surface area contributed by atoms with Crippen molar-refractivity contribution in [1.82, 2.24) is 19.7 Å². The summed E-state index contributed by atoms with van der Waals surface area (Å²) in [6.07, 6.45) is -1.34. The molecule has 0 fully saturated rings. The van der Waals surface area contributed by atoms with E-state index in [0.717, 1.165) is 0 Å². The van der Waals surface area contributed by atoms with Crippen molar-refractivity contribution in [2.45, 2.75) is 25.2 Å². The highest BCUT2D eigenvalue weighted by atomic mass is 32.2. The molecule has 0 saturated heterocycles. The van der Waals surface area contributed by atoms with Crippen molar-refractivity contribution >= 4 is 27.3 Å². The third-order valence-electron chi connectivity index (χ3n) is 5.17. The summed E-state index contributed by atoms with van der Waals surface area (Å²) in [7, 11) is -1.18. The summed E-state index contributed by atoms with van der Waals surface area (Å²) in [6.45, 7) is 3.16. The van der Waals surface area contributed by atoms with Gasteiger partial charge in [0.05, 0.1) is 25.4 Å². The van der Waals surface area contributed by atoms with E-state index in [1.54, 1.807) is 42.6 Å². The molecule has 0 aliphatic rings. The Hall–Kier alpha value is -3.42. The minimum atomic E-state index is -4.14. The lowest BCUT2D eigenvalue weighted by Crippen LogP contribution is -2.32. The minimum Gasteiger partial charge on any atom is -0.494 e. The van der Waals surface area contributed by atoms with Crippen molar-refractivity contribution < 1.29 is 27.4 Å². The van der Waals surface area contributed by atoms with Crippen LogP contribution < -0.4 is 14.2 Å². The first kappa shape index (κ1) is 23.7. The van der Waals surface area contributed by atoms with Crippen LogP contribution in [0.3, 0.4) is 0 Å². The number of aliphatic hydroxyl groups is 1. The van der Waals surface area contributed by atoms with Gasteiger partial charge in [0.1, 0.15) is 34.3 Å². The molecule has 3 aromatic heterocycles. The molecule has 0 bridgehead atoms. The molecule has 3 heterocycles. The zero-order valence-electron chi connectivity index (χ0n) is 18.8. The van der Waals surface area contributed by atoms with Gasteiger partial charge >= 0.3 is 0 Å². The van der Waals surface area contributed by atoms with Crippen molar-refractivity contribution in [3.8, 4) is 28.8 Å². The number of para-hydroxylation sites is 1. The largest absolute Gasteiger partial charge is 0.494 e. The Morgan fingerprint density at radius 1 is 1.15 bits per heavy atom. The third kappa shape index (κ3) is 4.36. The van der Waals surface area contributed by atoms with Gasteiger partial charge in [-0.15, -0.1) is 21.5 Å². The van der Waals surface area contributed by atoms with E-state index in [9.17, 15) is 13.5 Å². The molecule has 4 aromatic rings. The van der Waals surface area contributed by atoms with Gasteiger partial charge in [-0.05, 0) is 38.1 Å². The zero-order chi connectivity index (χ0) is 24.5. The number of aliphatic hydroxyl groups excluding tert-OH is 1. The van der Waals surface area contributed by atoms with E-state index in [1.165, 1.54) is 42.6 Å². The zero-order valence-corrected chi connectivity index (χ0v) is 20.4. The van der Waals surface area contributed by atoms with Gasteiger partial charge in [0.25, 0.3) is 0 Å². The average molecular weight is 506 g/mol. The van der Waals surface area contributed by atoms with Gasteiger partial charge in [0.15, 0.2) is 5.76 Å². The predicted molar refractivity (Wildman–Crippen MR) is 126 cm³/mol. The summed E-state index contributed by atoms with van der Waals surface area (Å²) in [5.41, 5.74) is 2.16. The number of nitrogens with zero attached hydrogens (tertiary/aromatic N) is 4. The van der Waals surface area contributed by atoms with E-state index in [-0.39, 0.29) is 17.5 Å². The topological polar surface area (TPSA) is 142 Å². The molecule has 0 unspecified atom stereocenters. The fourth-order valence-corrected chi connectivity index (χ4v) is 4.96. The molecule has 13 heteroatoms. The van der Waals surface area contributed by atoms with Gasteiger partial charge < -0.3 is 19.0 Å². The van der Waals surface area contributed by atoms with Crippen LogP contribution in [0.2, 0.25) is 0 Å². The SMILES string of the molecule is COc1cccc(OC)c1-n1c(NS(=O)(=O)[C@H](C)[C@@H](O)c2cscn2)nnc1-c1ccc(C)o1. The molecule has 180 valence electrons. The number of furan rings is 1. The number of rotatable bonds is 9. The number of hydrogen-bond donors (Lipinski definition) is 2. The number of thiazole rings is 1. The number of benzene rings is 1. The Morgan fingerprint density at radius 3 is 2.41 bits per heavy atom. The Kier molecular flexibility index (Phi) is 6.59. The molecule has 4 rings (SSSR count). The van der Waals surface area contributed by atoms with Crippen molar-refractivity contribution in [2.24, 2.45) is 0 Å². The Labute approximate surface area is 200 Å². The maximum atomic E-state index is 13.2. The molecule has 2 atom stereocenters. The summed E-state index contributed by atoms with van der Waals surface area (Å²) >= 11 is 1.26. The van der Waals surface area contributed by atoms with E-state index in [1.807, 2.05) is 0 Å². The van der Waals surface area contributed by atoms with Crippen molar-refractivity contribution in [3.05, 3.63) is 52.7 Å². The van der Waals surface area contributed by atoms with Crippen LogP contribution in [-0.4, -0.2) is 52.7 Å². The highest BCUT2D eigenvalue weighted by Gasteiger charge is 2.33. The highest BCUT2D eigenvalue weighted by molar-refractivity contribution is 7.93. The van der Waals surface area contributed by atoms with E-state index in [2.05, 4.69) is 19.9 Å². The Bertz CT molecular complexity index is 1360. The smallest absolute Gasteiger partial charge is 0.243 e. The first-order valence-corrected chi connectivity index (χ1v) is 12.6. The minimum absolute atomic E-state index is 0.135. The predicted octanol–water partition coefficient (Wildman–Crippen LogP) is 3.17. The third-order valence-corrected chi connectivity index (χ3v) is 7.48. The molecular weight excluding hydrogens is 482 g/mol. The summed E-state index contributed by atoms with van der Waals surface area (Å²) in [5, 5.41) is 19.2. The molecule has 0 aliphatic heterocycles. The number of aromatic nitrogens is 4. The van der Waals surface area contributed by atoms with E-state index < -0.39 is 21.4 Å². The van der Waals surface area contributed by atoms with Gasteiger partial charge in [-0.2, -0.15) is 0 Å². The van der Waals surface area contributed by atoms with Gasteiger partial charge in [-0.1, -0.05) is 6.07 Å². The van der Waals surface area contributed by atoms with Crippen LogP contribution in [0.4, 0.5) is 5.95 Å². The van der Waals surface area contributed by atoms with Crippen molar-refractivity contribution in [1.29, 1.82) is 0 Å². The lowest BCUT2D eigenvalue weighted by Gasteiger charge is -2.20. The van der Waals surface area contributed by atoms with Crippen LogP contribution in [0.25, 0.3) is 17.3 Å². The quantitative estimate of drug-likeness (QED) is 0.351. The van der Waals surface area contributed by atoms with Gasteiger partial charge in [-0.3, -0.25) is 9.29 Å². The maximum absolute atomic E-state index is 13.2. The lowest BCUT2D eigenvalue weighted by atomic mass is 10.2. The summed E-state index contributed by atoms with van der Waals surface area (Å²) in [6, 6.07) is 8.58. The number of anilines is 1. The van der Waals surface area contributed by atoms with Crippen molar-refractivity contribution in [3.63, 3.8) is 0 Å². The molecule has 0 aliphatic carbocycles. The van der Waals surface area contributed by atoms with Crippen molar-refractivity contribution in [2.75, 3.05) is 18.9 Å². The van der Waals surface area contributed by atoms with Crippen LogP contribution in [0.5, 0.6) is 11.5 Å². The van der Waals surface area contributed by atoms with Gasteiger partial charge in [-0.25, -0.2) is 13.4 Å². The second-order valence-corrected chi connectivity index (χ2v) is 10.1. The number of methoxy groups -OCH3 is 2. The number of aryl methyl sites for hydroxylation is 1. The van der Waals surface area contributed by atoms with Crippen LogP contribution in [0, 0.1) is 6.92 Å². The fourth-order valence-electron chi connectivity index (χ4n) is 3.33. The fraction of sp³-hybridized carbons (Fsp3) is 0.286. The molecular formula is C21H23N5O6S2. The molecule has 34 heavy (non-hydrogen) atoms. The van der Waals surface area contributed by atoms with E-state index in [0.29, 0.717) is 28.7 Å². The number of hydrogen-bond acceptors (Lipinski definition) is 10. The molecule has 2 N–H and O–H groups in total. The monoisotopic (exact) mass is 505 g/mol. The van der Waals surface area contributed by atoms with Gasteiger partial charge in [0, 0.05) is 5.38 Å². The van der Waals surface area contributed by atoms with Crippen LogP contribution in [0.1, 0.15) is 24.5 Å². The first-order chi connectivity index (χ1) is 16.3. The number of ether oxygens (including phenoxy) is 2. The number of nitrogens with one attached hydrogen (secondary N) is 1. The molecule has 0 saturated carbocycles. The second kappa shape index (κ2) is 9.44. The molecule has 0 spiro atoms. The van der Waals surface area contributed by atoms with E-state index in [4.69, 9.17) is 13.9 Å². The molecule has 0 amide bonds. The molecule has 11 nitrogen and oxygen atoms in total. The normalized spacial score (nSPS) is 13.4. The lowest BCUT2D eigenvalue weighted by molar-refractivity contribution is 0.172. The van der Waals surface area contributed by atoms with Crippen LogP contribution in [-0.2, 0) is 10.0 Å². The summed E-state index contributed by atoms with van der Waals surface area (Å²) < 4.78 is 47.1. The maximum Gasteiger partial charge on any atom is 0.243 e. The summed E-state index contributed by atoms with van der Waals surface area (Å²) in [5.74, 6) is 1.86. The molecule has 1 aromatic carbocycles. The second-order valence-electron chi connectivity index (χ2n) is 7.31. The molecule has 0 radical (unpaired) electrons. The first-order valence-electron chi connectivity index (χ1n) is 10.1. The Balaban J connectivity index is 1.84. The van der Waals surface area contributed by atoms with Crippen LogP contribution in [0.15, 0.2) is 45.6 Å².